The molecule has 0 aromatic heterocycles. The van der Waals surface area contributed by atoms with Gasteiger partial charge in [0.25, 0.3) is 0 Å². The second-order valence-corrected chi connectivity index (χ2v) is 5.05. The molecule has 0 bridgehead atoms. The lowest BCUT2D eigenvalue weighted by molar-refractivity contribution is -0.120. The predicted octanol–water partition coefficient (Wildman–Crippen LogP) is 1.87. The monoisotopic (exact) mass is 260 g/mol. The van der Waals surface area contributed by atoms with Crippen LogP contribution in [0.1, 0.15) is 24.0 Å². The Morgan fingerprint density at radius 3 is 2.95 bits per heavy atom. The minimum atomic E-state index is -0.622. The highest BCUT2D eigenvalue weighted by molar-refractivity contribution is 6.02. The van der Waals surface area contributed by atoms with Gasteiger partial charge in [-0.05, 0) is 37.1 Å². The van der Waals surface area contributed by atoms with Gasteiger partial charge < -0.3 is 14.6 Å². The first kappa shape index (κ1) is 12.2. The van der Waals surface area contributed by atoms with E-state index >= 15 is 0 Å². The van der Waals surface area contributed by atoms with Gasteiger partial charge in [-0.15, -0.1) is 0 Å². The first-order valence-corrected chi connectivity index (χ1v) is 6.38. The van der Waals surface area contributed by atoms with Crippen molar-refractivity contribution in [2.75, 3.05) is 7.11 Å². The van der Waals surface area contributed by atoms with Crippen molar-refractivity contribution in [3.63, 3.8) is 0 Å². The van der Waals surface area contributed by atoms with E-state index in [9.17, 15) is 9.90 Å². The fraction of sp³-hybridized carbons (Fsp3) is 0.400. The molecule has 1 heterocycles. The number of aliphatic hydroxyl groups excluding tert-OH is 1. The zero-order chi connectivity index (χ0) is 13.6. The molecule has 2 atom stereocenters. The van der Waals surface area contributed by atoms with Crippen LogP contribution in [-0.2, 0) is 4.79 Å². The average Bonchev–Trinajstić information content (AvgIpc) is 2.40. The van der Waals surface area contributed by atoms with Crippen LogP contribution in [0.2, 0.25) is 0 Å². The van der Waals surface area contributed by atoms with Crippen molar-refractivity contribution < 1.29 is 19.4 Å². The molecule has 0 spiro atoms. The van der Waals surface area contributed by atoms with Gasteiger partial charge in [-0.3, -0.25) is 4.79 Å². The number of hydrogen-bond donors (Lipinski definition) is 1. The first-order valence-electron chi connectivity index (χ1n) is 6.38. The Morgan fingerprint density at radius 1 is 1.42 bits per heavy atom. The van der Waals surface area contributed by atoms with Crippen LogP contribution in [0.25, 0.3) is 6.08 Å². The molecule has 19 heavy (non-hydrogen) atoms. The zero-order valence-electron chi connectivity index (χ0n) is 11.0. The van der Waals surface area contributed by atoms with E-state index in [1.165, 1.54) is 0 Å². The lowest BCUT2D eigenvalue weighted by atomic mass is 9.85. The van der Waals surface area contributed by atoms with Crippen LogP contribution in [-0.4, -0.2) is 30.2 Å². The van der Waals surface area contributed by atoms with Gasteiger partial charge in [-0.2, -0.15) is 0 Å². The molecule has 4 heteroatoms. The average molecular weight is 260 g/mol. The van der Waals surface area contributed by atoms with Crippen molar-refractivity contribution in [3.8, 4) is 11.5 Å². The van der Waals surface area contributed by atoms with Gasteiger partial charge in [-0.1, -0.05) is 0 Å². The summed E-state index contributed by atoms with van der Waals surface area (Å²) in [6.07, 6.45) is 1.46. The molecule has 100 valence electrons. The number of aliphatic hydroxyl groups is 1. The second-order valence-electron chi connectivity index (χ2n) is 5.05. The number of rotatable bonds is 1. The van der Waals surface area contributed by atoms with Crippen LogP contribution in [0.15, 0.2) is 17.7 Å². The van der Waals surface area contributed by atoms with Gasteiger partial charge in [-0.25, -0.2) is 0 Å². The summed E-state index contributed by atoms with van der Waals surface area (Å²) < 4.78 is 11.2. The fourth-order valence-corrected chi connectivity index (χ4v) is 2.68. The highest BCUT2D eigenvalue weighted by atomic mass is 16.5. The summed E-state index contributed by atoms with van der Waals surface area (Å²) in [7, 11) is 1.59. The summed E-state index contributed by atoms with van der Waals surface area (Å²) >= 11 is 0. The molecule has 1 saturated carbocycles. The Hall–Kier alpha value is -1.81. The minimum absolute atomic E-state index is 0.0450. The van der Waals surface area contributed by atoms with Crippen LogP contribution < -0.4 is 9.47 Å². The number of methoxy groups -OCH3 is 1. The Kier molecular flexibility index (Phi) is 2.82. The number of ketones is 1. The van der Waals surface area contributed by atoms with Gasteiger partial charge in [0, 0.05) is 12.0 Å². The molecule has 1 aliphatic carbocycles. The molecule has 1 fully saturated rings. The molecule has 2 aliphatic rings. The normalized spacial score (nSPS) is 25.0. The summed E-state index contributed by atoms with van der Waals surface area (Å²) in [4.78, 5) is 12.0. The molecule has 1 aliphatic heterocycles. The molecular formula is C15H16O4. The van der Waals surface area contributed by atoms with Gasteiger partial charge in [0.15, 0.2) is 11.9 Å². The van der Waals surface area contributed by atoms with Crippen LogP contribution in [0, 0.1) is 6.92 Å². The van der Waals surface area contributed by atoms with Crippen molar-refractivity contribution >= 4 is 11.9 Å². The Morgan fingerprint density at radius 2 is 2.21 bits per heavy atom. The summed E-state index contributed by atoms with van der Waals surface area (Å²) in [6.45, 7) is 1.95. The summed E-state index contributed by atoms with van der Waals surface area (Å²) in [5, 5.41) is 9.99. The maximum absolute atomic E-state index is 12.0. The largest absolute Gasteiger partial charge is 0.496 e. The third kappa shape index (κ3) is 1.92. The van der Waals surface area contributed by atoms with E-state index in [0.29, 0.717) is 29.9 Å². The maximum atomic E-state index is 12.0. The lowest BCUT2D eigenvalue weighted by Crippen LogP contribution is -2.42. The van der Waals surface area contributed by atoms with Gasteiger partial charge in [0.05, 0.1) is 18.8 Å². The first-order chi connectivity index (χ1) is 9.10. The van der Waals surface area contributed by atoms with Gasteiger partial charge in [0.1, 0.15) is 11.5 Å². The quantitative estimate of drug-likeness (QED) is 0.837. The number of aryl methyl sites for hydroxylation is 1. The van der Waals surface area contributed by atoms with Crippen molar-refractivity contribution in [2.45, 2.75) is 32.0 Å². The number of fused-ring (bicyclic) bond motifs is 2. The molecule has 3 rings (SSSR count). The molecule has 0 saturated heterocycles. The van der Waals surface area contributed by atoms with E-state index in [2.05, 4.69) is 0 Å². The fourth-order valence-electron chi connectivity index (χ4n) is 2.68. The van der Waals surface area contributed by atoms with Crippen LogP contribution >= 0.6 is 0 Å². The summed E-state index contributed by atoms with van der Waals surface area (Å²) in [6, 6.07) is 3.81. The predicted molar refractivity (Wildman–Crippen MR) is 70.4 cm³/mol. The van der Waals surface area contributed by atoms with Crippen molar-refractivity contribution in [3.05, 3.63) is 28.8 Å². The van der Waals surface area contributed by atoms with Crippen LogP contribution in [0.3, 0.4) is 0 Å². The van der Waals surface area contributed by atoms with Crippen molar-refractivity contribution in [1.29, 1.82) is 0 Å². The highest BCUT2D eigenvalue weighted by Gasteiger charge is 2.37. The minimum Gasteiger partial charge on any atom is -0.496 e. The number of ether oxygens (including phenoxy) is 2. The smallest absolute Gasteiger partial charge is 0.162 e. The molecule has 4 nitrogen and oxygen atoms in total. The highest BCUT2D eigenvalue weighted by Crippen LogP contribution is 2.40. The van der Waals surface area contributed by atoms with E-state index in [-0.39, 0.29) is 5.78 Å². The number of benzene rings is 1. The molecule has 0 amide bonds. The third-order valence-corrected chi connectivity index (χ3v) is 3.67. The molecule has 1 aromatic rings. The Balaban J connectivity index is 2.14. The molecule has 2 unspecified atom stereocenters. The summed E-state index contributed by atoms with van der Waals surface area (Å²) in [5.41, 5.74) is 2.35. The number of Topliss-reactive ketones (excluding diaryl/α,β-unsaturated/α-hetero) is 1. The molecule has 1 aromatic carbocycles. The third-order valence-electron chi connectivity index (χ3n) is 3.67. The van der Waals surface area contributed by atoms with E-state index < -0.39 is 12.2 Å². The van der Waals surface area contributed by atoms with Crippen molar-refractivity contribution in [1.82, 2.24) is 0 Å². The number of carbonyl (C=O) groups is 1. The van der Waals surface area contributed by atoms with Crippen LogP contribution in [0.4, 0.5) is 0 Å². The second kappa shape index (κ2) is 4.38. The Labute approximate surface area is 111 Å². The number of carbonyl (C=O) groups excluding carboxylic acids is 1. The Bertz CT molecular complexity index is 574. The SMILES string of the molecule is COc1cc(C)cc2c1C=C1C(=O)CCC(O)C1O2. The molecule has 0 radical (unpaired) electrons. The topological polar surface area (TPSA) is 55.8 Å². The zero-order valence-corrected chi connectivity index (χ0v) is 11.0. The lowest BCUT2D eigenvalue weighted by Gasteiger charge is -2.34. The maximum Gasteiger partial charge on any atom is 0.162 e. The van der Waals surface area contributed by atoms with E-state index in [4.69, 9.17) is 9.47 Å². The summed E-state index contributed by atoms with van der Waals surface area (Å²) in [5.74, 6) is 1.40. The van der Waals surface area contributed by atoms with E-state index in [1.807, 2.05) is 19.1 Å². The van der Waals surface area contributed by atoms with Crippen LogP contribution in [0.5, 0.6) is 11.5 Å². The standard InChI is InChI=1S/C15H16O4/c1-8-5-13(18-2)10-7-9-11(16)3-4-12(17)15(9)19-14(10)6-8/h5-7,12,15,17H,3-4H2,1-2H3. The van der Waals surface area contributed by atoms with Gasteiger partial charge in [0.2, 0.25) is 0 Å². The van der Waals surface area contributed by atoms with Crippen molar-refractivity contribution in [2.24, 2.45) is 0 Å². The van der Waals surface area contributed by atoms with Gasteiger partial charge >= 0.3 is 0 Å². The van der Waals surface area contributed by atoms with E-state index in [0.717, 1.165) is 11.1 Å². The van der Waals surface area contributed by atoms with E-state index in [1.54, 1.807) is 13.2 Å². The number of hydrogen-bond acceptors (Lipinski definition) is 4. The molecule has 1 N–H and O–H groups in total. The molecular weight excluding hydrogens is 244 g/mol.